The van der Waals surface area contributed by atoms with Crippen molar-refractivity contribution in [2.45, 2.75) is 96.7 Å². The summed E-state index contributed by atoms with van der Waals surface area (Å²) >= 11 is 0. The highest BCUT2D eigenvalue weighted by Crippen LogP contribution is 2.62. The van der Waals surface area contributed by atoms with Gasteiger partial charge in [-0.2, -0.15) is 0 Å². The lowest BCUT2D eigenvalue weighted by molar-refractivity contribution is -0.172. The second-order valence-corrected chi connectivity index (χ2v) is 9.20. The first-order valence-corrected chi connectivity index (χ1v) is 9.42. The predicted molar refractivity (Wildman–Crippen MR) is 92.8 cm³/mol. The molecule has 0 radical (unpaired) electrons. The van der Waals surface area contributed by atoms with Crippen molar-refractivity contribution >= 4 is 0 Å². The zero-order valence-corrected chi connectivity index (χ0v) is 15.0. The van der Waals surface area contributed by atoms with Gasteiger partial charge in [0.2, 0.25) is 0 Å². The first-order valence-electron chi connectivity index (χ1n) is 9.42. The van der Waals surface area contributed by atoms with E-state index in [9.17, 15) is 5.11 Å². The van der Waals surface area contributed by atoms with E-state index in [2.05, 4.69) is 39.1 Å². The van der Waals surface area contributed by atoms with E-state index in [1.54, 1.807) is 0 Å². The Hall–Kier alpha value is -0.340. The molecule has 4 aliphatic rings. The molecule has 0 saturated heterocycles. The van der Waals surface area contributed by atoms with Crippen LogP contribution in [-0.4, -0.2) is 22.8 Å². The molecule has 0 aromatic rings. The normalized spacial score (nSPS) is 42.2. The lowest BCUT2D eigenvalue weighted by atomic mass is 9.46. The molecule has 0 amide bonds. The molecule has 0 heterocycles. The van der Waals surface area contributed by atoms with Crippen LogP contribution in [0.5, 0.6) is 0 Å². The van der Waals surface area contributed by atoms with Crippen LogP contribution in [0.25, 0.3) is 0 Å². The highest BCUT2D eigenvalue weighted by molar-refractivity contribution is 5.11. The molecular formula is C20H35NO. The molecule has 4 atom stereocenters. The predicted octanol–water partition coefficient (Wildman–Crippen LogP) is 4.43. The van der Waals surface area contributed by atoms with E-state index in [0.717, 1.165) is 31.1 Å². The molecule has 4 fully saturated rings. The van der Waals surface area contributed by atoms with Gasteiger partial charge in [-0.3, -0.25) is 0 Å². The van der Waals surface area contributed by atoms with Gasteiger partial charge in [-0.1, -0.05) is 11.6 Å². The van der Waals surface area contributed by atoms with Crippen molar-refractivity contribution in [3.8, 4) is 0 Å². The molecular weight excluding hydrogens is 270 g/mol. The van der Waals surface area contributed by atoms with Crippen LogP contribution in [0.1, 0.15) is 79.1 Å². The first-order chi connectivity index (χ1) is 10.3. The smallest absolute Gasteiger partial charge is 0.0659 e. The highest BCUT2D eigenvalue weighted by atomic mass is 16.3. The third kappa shape index (κ3) is 3.28. The fourth-order valence-electron chi connectivity index (χ4n) is 6.10. The standard InChI is InChI=1S/C20H35NO/c1-14(2)6-5-7-15(3)21-16(4)19-9-17-8-18(10-19)12-20(22,11-17)13-19/h6,15-18,21-22H,5,7-13H2,1-4H3/t15-,16-,17-,18-,19?,20?/m0/s1. The van der Waals surface area contributed by atoms with Gasteiger partial charge in [-0.05, 0) is 96.3 Å². The van der Waals surface area contributed by atoms with Crippen molar-refractivity contribution in [1.29, 1.82) is 0 Å². The molecule has 0 aromatic carbocycles. The van der Waals surface area contributed by atoms with Crippen LogP contribution in [0.3, 0.4) is 0 Å². The molecule has 4 saturated carbocycles. The molecule has 0 unspecified atom stereocenters. The molecule has 4 rings (SSSR count). The van der Waals surface area contributed by atoms with Gasteiger partial charge < -0.3 is 10.4 Å². The summed E-state index contributed by atoms with van der Waals surface area (Å²) in [4.78, 5) is 0. The van der Waals surface area contributed by atoms with Crippen LogP contribution in [0.2, 0.25) is 0 Å². The summed E-state index contributed by atoms with van der Waals surface area (Å²) in [5, 5.41) is 14.8. The Bertz CT molecular complexity index is 423. The van der Waals surface area contributed by atoms with Crippen molar-refractivity contribution in [3.05, 3.63) is 11.6 Å². The number of hydrogen-bond acceptors (Lipinski definition) is 2. The largest absolute Gasteiger partial charge is 0.390 e. The monoisotopic (exact) mass is 305 g/mol. The zero-order valence-electron chi connectivity index (χ0n) is 15.0. The Kier molecular flexibility index (Phi) is 4.46. The number of rotatable bonds is 6. The molecule has 2 heteroatoms. The van der Waals surface area contributed by atoms with Crippen molar-refractivity contribution in [2.24, 2.45) is 17.3 Å². The van der Waals surface area contributed by atoms with Crippen LogP contribution in [-0.2, 0) is 0 Å². The maximum Gasteiger partial charge on any atom is 0.0659 e. The summed E-state index contributed by atoms with van der Waals surface area (Å²) in [7, 11) is 0. The Morgan fingerprint density at radius 2 is 1.82 bits per heavy atom. The molecule has 0 aliphatic heterocycles. The second kappa shape index (κ2) is 5.94. The van der Waals surface area contributed by atoms with Crippen molar-refractivity contribution in [2.75, 3.05) is 0 Å². The van der Waals surface area contributed by atoms with Crippen LogP contribution < -0.4 is 5.32 Å². The zero-order chi connectivity index (χ0) is 16.0. The Labute approximate surface area is 136 Å². The SMILES string of the molecule is CC(C)=CCC[C@H](C)N[C@@H](C)C12C[C@@H]3C[C@H](CC(O)(C3)C1)C2. The summed E-state index contributed by atoms with van der Waals surface area (Å²) in [5.74, 6) is 1.58. The van der Waals surface area contributed by atoms with Gasteiger partial charge in [0.1, 0.15) is 0 Å². The van der Waals surface area contributed by atoms with Crippen molar-refractivity contribution < 1.29 is 5.11 Å². The lowest BCUT2D eigenvalue weighted by Gasteiger charge is -2.62. The maximum absolute atomic E-state index is 10.9. The average molecular weight is 306 g/mol. The van der Waals surface area contributed by atoms with Crippen LogP contribution in [0, 0.1) is 17.3 Å². The van der Waals surface area contributed by atoms with Gasteiger partial charge in [-0.15, -0.1) is 0 Å². The Morgan fingerprint density at radius 1 is 1.18 bits per heavy atom. The van der Waals surface area contributed by atoms with Gasteiger partial charge in [0, 0.05) is 12.1 Å². The van der Waals surface area contributed by atoms with Crippen LogP contribution >= 0.6 is 0 Å². The van der Waals surface area contributed by atoms with Gasteiger partial charge in [0.15, 0.2) is 0 Å². The molecule has 4 bridgehead atoms. The topological polar surface area (TPSA) is 32.3 Å². The Balaban J connectivity index is 1.60. The van der Waals surface area contributed by atoms with Gasteiger partial charge in [0.05, 0.1) is 5.60 Å². The summed E-state index contributed by atoms with van der Waals surface area (Å²) in [5.41, 5.74) is 1.46. The third-order valence-corrected chi connectivity index (χ3v) is 6.68. The summed E-state index contributed by atoms with van der Waals surface area (Å²) in [6.07, 6.45) is 12.0. The molecule has 0 spiro atoms. The quantitative estimate of drug-likeness (QED) is 0.711. The molecule has 2 nitrogen and oxygen atoms in total. The molecule has 126 valence electrons. The minimum atomic E-state index is -0.328. The van der Waals surface area contributed by atoms with Gasteiger partial charge in [0.25, 0.3) is 0 Å². The van der Waals surface area contributed by atoms with E-state index < -0.39 is 0 Å². The van der Waals surface area contributed by atoms with E-state index in [1.807, 2.05) is 0 Å². The van der Waals surface area contributed by atoms with E-state index in [1.165, 1.54) is 37.7 Å². The fraction of sp³-hybridized carbons (Fsp3) is 0.900. The average Bonchev–Trinajstić information content (AvgIpc) is 2.34. The fourth-order valence-corrected chi connectivity index (χ4v) is 6.10. The number of aliphatic hydroxyl groups is 1. The summed E-state index contributed by atoms with van der Waals surface area (Å²) in [6, 6.07) is 1.10. The summed E-state index contributed by atoms with van der Waals surface area (Å²) < 4.78 is 0. The highest BCUT2D eigenvalue weighted by Gasteiger charge is 2.58. The second-order valence-electron chi connectivity index (χ2n) is 9.20. The van der Waals surface area contributed by atoms with E-state index in [4.69, 9.17) is 0 Å². The molecule has 2 N–H and O–H groups in total. The summed E-state index contributed by atoms with van der Waals surface area (Å²) in [6.45, 7) is 9.06. The van der Waals surface area contributed by atoms with E-state index >= 15 is 0 Å². The minimum Gasteiger partial charge on any atom is -0.390 e. The third-order valence-electron chi connectivity index (χ3n) is 6.68. The van der Waals surface area contributed by atoms with Gasteiger partial charge in [-0.25, -0.2) is 0 Å². The Morgan fingerprint density at radius 3 is 2.36 bits per heavy atom. The maximum atomic E-state index is 10.9. The van der Waals surface area contributed by atoms with Gasteiger partial charge >= 0.3 is 0 Å². The number of allylic oxidation sites excluding steroid dienone is 2. The molecule has 22 heavy (non-hydrogen) atoms. The van der Waals surface area contributed by atoms with Crippen LogP contribution in [0.4, 0.5) is 0 Å². The molecule has 4 aliphatic carbocycles. The van der Waals surface area contributed by atoms with E-state index in [-0.39, 0.29) is 5.60 Å². The first kappa shape index (κ1) is 16.5. The van der Waals surface area contributed by atoms with E-state index in [0.29, 0.717) is 17.5 Å². The lowest BCUT2D eigenvalue weighted by Crippen LogP contribution is -2.61. The minimum absolute atomic E-state index is 0.328. The van der Waals surface area contributed by atoms with Crippen molar-refractivity contribution in [1.82, 2.24) is 5.32 Å². The van der Waals surface area contributed by atoms with Crippen LogP contribution in [0.15, 0.2) is 11.6 Å². The molecule has 0 aromatic heterocycles. The van der Waals surface area contributed by atoms with Crippen molar-refractivity contribution in [3.63, 3.8) is 0 Å². The number of nitrogens with one attached hydrogen (secondary N) is 1. The number of hydrogen-bond donors (Lipinski definition) is 2.